The quantitative estimate of drug-likeness (QED) is 0.679. The molecule has 0 aliphatic rings. The Kier molecular flexibility index (Phi) is 7.79. The molecule has 1 aromatic carbocycles. The Labute approximate surface area is 127 Å². The molecule has 0 aromatic heterocycles. The summed E-state index contributed by atoms with van der Waals surface area (Å²) in [5.74, 6) is 0.686. The van der Waals surface area contributed by atoms with Gasteiger partial charge in [-0.3, -0.25) is 4.79 Å². The minimum absolute atomic E-state index is 0.0417. The molecule has 21 heavy (non-hydrogen) atoms. The zero-order valence-corrected chi connectivity index (χ0v) is 13.4. The van der Waals surface area contributed by atoms with Crippen molar-refractivity contribution in [3.8, 4) is 5.75 Å². The number of hydrogen-bond donors (Lipinski definition) is 2. The van der Waals surface area contributed by atoms with Crippen molar-refractivity contribution in [2.75, 3.05) is 33.9 Å². The fourth-order valence-corrected chi connectivity index (χ4v) is 2.21. The molecule has 0 unspecified atom stereocenters. The predicted molar refractivity (Wildman–Crippen MR) is 83.7 cm³/mol. The number of aryl methyl sites for hydroxylation is 2. The number of ether oxygens (including phenoxy) is 2. The number of carbonyl (C=O) groups excluding carboxylic acids is 1. The molecule has 1 amide bonds. The molecule has 0 spiro atoms. The second-order valence-electron chi connectivity index (χ2n) is 5.07. The van der Waals surface area contributed by atoms with Gasteiger partial charge in [0.1, 0.15) is 5.75 Å². The normalized spacial score (nSPS) is 10.5. The summed E-state index contributed by atoms with van der Waals surface area (Å²) in [5, 5.41) is 5.93. The van der Waals surface area contributed by atoms with E-state index in [0.29, 0.717) is 13.2 Å². The molecule has 0 aliphatic carbocycles. The van der Waals surface area contributed by atoms with Crippen molar-refractivity contribution in [2.45, 2.75) is 26.8 Å². The van der Waals surface area contributed by atoms with E-state index in [4.69, 9.17) is 9.47 Å². The molecule has 0 saturated carbocycles. The molecule has 1 rings (SSSR count). The Morgan fingerprint density at radius 3 is 2.48 bits per heavy atom. The topological polar surface area (TPSA) is 59.6 Å². The number of hydrogen-bond acceptors (Lipinski definition) is 4. The van der Waals surface area contributed by atoms with Gasteiger partial charge in [-0.1, -0.05) is 12.1 Å². The van der Waals surface area contributed by atoms with E-state index in [1.54, 1.807) is 7.11 Å². The molecule has 0 aliphatic heterocycles. The highest BCUT2D eigenvalue weighted by molar-refractivity contribution is 5.77. The maximum atomic E-state index is 11.7. The van der Waals surface area contributed by atoms with Crippen molar-refractivity contribution in [3.05, 3.63) is 28.8 Å². The molecular formula is C16H26N2O3. The van der Waals surface area contributed by atoms with E-state index in [1.807, 2.05) is 20.9 Å². The van der Waals surface area contributed by atoms with E-state index < -0.39 is 0 Å². The monoisotopic (exact) mass is 294 g/mol. The number of methoxy groups -OCH3 is 1. The first-order valence-corrected chi connectivity index (χ1v) is 7.21. The lowest BCUT2D eigenvalue weighted by molar-refractivity contribution is -0.123. The lowest BCUT2D eigenvalue weighted by Crippen LogP contribution is -2.30. The van der Waals surface area contributed by atoms with Gasteiger partial charge in [-0.2, -0.15) is 0 Å². The summed E-state index contributed by atoms with van der Waals surface area (Å²) in [6.07, 6.45) is 0.805. The molecule has 5 nitrogen and oxygen atoms in total. The number of rotatable bonds is 9. The molecule has 0 saturated heterocycles. The van der Waals surface area contributed by atoms with E-state index in [1.165, 1.54) is 5.56 Å². The molecule has 118 valence electrons. The Hall–Kier alpha value is -1.59. The van der Waals surface area contributed by atoms with Crippen molar-refractivity contribution in [1.82, 2.24) is 10.6 Å². The fraction of sp³-hybridized carbons (Fsp3) is 0.562. The zero-order valence-electron chi connectivity index (χ0n) is 13.4. The van der Waals surface area contributed by atoms with Gasteiger partial charge >= 0.3 is 0 Å². The minimum Gasteiger partial charge on any atom is -0.483 e. The summed E-state index contributed by atoms with van der Waals surface area (Å²) in [4.78, 5) is 11.7. The highest BCUT2D eigenvalue weighted by Crippen LogP contribution is 2.24. The average molecular weight is 294 g/mol. The summed E-state index contributed by atoms with van der Waals surface area (Å²) < 4.78 is 10.6. The smallest absolute Gasteiger partial charge is 0.257 e. The second kappa shape index (κ2) is 9.37. The minimum atomic E-state index is -0.107. The maximum Gasteiger partial charge on any atom is 0.257 e. The van der Waals surface area contributed by atoms with Crippen LogP contribution in [0.5, 0.6) is 5.75 Å². The van der Waals surface area contributed by atoms with Crippen molar-refractivity contribution >= 4 is 5.91 Å². The van der Waals surface area contributed by atoms with E-state index in [9.17, 15) is 4.79 Å². The Balaban J connectivity index is 2.49. The van der Waals surface area contributed by atoms with Crippen molar-refractivity contribution in [1.29, 1.82) is 0 Å². The van der Waals surface area contributed by atoms with Gasteiger partial charge in [0.25, 0.3) is 5.91 Å². The van der Waals surface area contributed by atoms with Gasteiger partial charge in [-0.05, 0) is 44.0 Å². The van der Waals surface area contributed by atoms with Crippen molar-refractivity contribution in [2.24, 2.45) is 0 Å². The summed E-state index contributed by atoms with van der Waals surface area (Å²) >= 11 is 0. The molecule has 0 radical (unpaired) electrons. The van der Waals surface area contributed by atoms with Crippen LogP contribution in [0.1, 0.15) is 23.1 Å². The third-order valence-electron chi connectivity index (χ3n) is 3.10. The van der Waals surface area contributed by atoms with Crippen LogP contribution in [0.4, 0.5) is 0 Å². The third kappa shape index (κ3) is 6.14. The number of nitrogens with one attached hydrogen (secondary N) is 2. The summed E-state index contributed by atoms with van der Waals surface area (Å²) in [7, 11) is 3.57. The van der Waals surface area contributed by atoms with Crippen molar-refractivity contribution in [3.63, 3.8) is 0 Å². The lowest BCUT2D eigenvalue weighted by atomic mass is 10.1. The van der Waals surface area contributed by atoms with Gasteiger partial charge < -0.3 is 20.1 Å². The highest BCUT2D eigenvalue weighted by Gasteiger charge is 2.09. The largest absolute Gasteiger partial charge is 0.483 e. The Bertz CT molecular complexity index is 438. The lowest BCUT2D eigenvalue weighted by Gasteiger charge is -2.14. The Morgan fingerprint density at radius 1 is 1.24 bits per heavy atom. The van der Waals surface area contributed by atoms with E-state index in [-0.39, 0.29) is 12.5 Å². The van der Waals surface area contributed by atoms with Gasteiger partial charge in [0, 0.05) is 26.8 Å². The molecular weight excluding hydrogens is 268 g/mol. The van der Waals surface area contributed by atoms with Gasteiger partial charge in [-0.15, -0.1) is 0 Å². The van der Waals surface area contributed by atoms with Gasteiger partial charge in [0.05, 0.1) is 0 Å². The summed E-state index contributed by atoms with van der Waals surface area (Å²) in [5.41, 5.74) is 3.31. The number of carbonyl (C=O) groups is 1. The first kappa shape index (κ1) is 17.5. The first-order chi connectivity index (χ1) is 10.1. The predicted octanol–water partition coefficient (Wildman–Crippen LogP) is 1.55. The van der Waals surface area contributed by atoms with Crippen molar-refractivity contribution < 1.29 is 14.3 Å². The van der Waals surface area contributed by atoms with Gasteiger partial charge in [0.2, 0.25) is 0 Å². The highest BCUT2D eigenvalue weighted by atomic mass is 16.5. The number of amides is 1. The molecule has 5 heteroatoms. The van der Waals surface area contributed by atoms with E-state index in [0.717, 1.165) is 29.8 Å². The van der Waals surface area contributed by atoms with Crippen LogP contribution in [0.2, 0.25) is 0 Å². The molecule has 0 bridgehead atoms. The SMILES string of the molecule is CNCc1cc(C)c(OCC(=O)NCCCOC)c(C)c1. The second-order valence-corrected chi connectivity index (χ2v) is 5.07. The fourth-order valence-electron chi connectivity index (χ4n) is 2.21. The molecule has 0 fully saturated rings. The first-order valence-electron chi connectivity index (χ1n) is 7.21. The molecule has 0 heterocycles. The molecule has 1 aromatic rings. The van der Waals surface area contributed by atoms with Crippen LogP contribution in [0, 0.1) is 13.8 Å². The van der Waals surface area contributed by atoms with Crippen LogP contribution >= 0.6 is 0 Å². The Morgan fingerprint density at radius 2 is 1.90 bits per heavy atom. The van der Waals surface area contributed by atoms with Crippen LogP contribution in [0.25, 0.3) is 0 Å². The van der Waals surface area contributed by atoms with Gasteiger partial charge in [0.15, 0.2) is 6.61 Å². The average Bonchev–Trinajstić information content (AvgIpc) is 2.43. The van der Waals surface area contributed by atoms with Crippen LogP contribution < -0.4 is 15.4 Å². The third-order valence-corrected chi connectivity index (χ3v) is 3.10. The van der Waals surface area contributed by atoms with E-state index >= 15 is 0 Å². The maximum absolute atomic E-state index is 11.7. The molecule has 0 atom stereocenters. The summed E-state index contributed by atoms with van der Waals surface area (Å²) in [6.45, 7) is 6.11. The van der Waals surface area contributed by atoms with Crippen LogP contribution in [0.15, 0.2) is 12.1 Å². The molecule has 2 N–H and O–H groups in total. The van der Waals surface area contributed by atoms with Crippen LogP contribution in [-0.4, -0.2) is 39.8 Å². The zero-order chi connectivity index (χ0) is 15.7. The van der Waals surface area contributed by atoms with E-state index in [2.05, 4.69) is 22.8 Å². The number of benzene rings is 1. The van der Waals surface area contributed by atoms with Crippen LogP contribution in [-0.2, 0) is 16.1 Å². The van der Waals surface area contributed by atoms with Crippen LogP contribution in [0.3, 0.4) is 0 Å². The summed E-state index contributed by atoms with van der Waals surface area (Å²) in [6, 6.07) is 4.16. The standard InChI is InChI=1S/C16H26N2O3/c1-12-8-14(10-17-3)9-13(2)16(12)21-11-15(19)18-6-5-7-20-4/h8-9,17H,5-7,10-11H2,1-4H3,(H,18,19). The van der Waals surface area contributed by atoms with Gasteiger partial charge in [-0.25, -0.2) is 0 Å².